The molecular formula is C14H29N3O. The van der Waals surface area contributed by atoms with Gasteiger partial charge in [0.05, 0.1) is 6.04 Å². The summed E-state index contributed by atoms with van der Waals surface area (Å²) < 4.78 is 0. The molecule has 18 heavy (non-hydrogen) atoms. The fraction of sp³-hybridized carbons (Fsp3) is 0.929. The van der Waals surface area contributed by atoms with Crippen molar-refractivity contribution in [2.75, 3.05) is 19.6 Å². The number of carbonyl (C=O) groups excluding carboxylic acids is 1. The Morgan fingerprint density at radius 1 is 1.39 bits per heavy atom. The SMILES string of the molecule is CCCN1CCC(NC(=O)[C@H](N)C(C)(C)C)CC1. The van der Waals surface area contributed by atoms with Crippen molar-refractivity contribution in [3.8, 4) is 0 Å². The Labute approximate surface area is 111 Å². The molecule has 0 spiro atoms. The van der Waals surface area contributed by atoms with E-state index in [9.17, 15) is 4.79 Å². The van der Waals surface area contributed by atoms with Crippen molar-refractivity contribution in [1.82, 2.24) is 10.2 Å². The zero-order chi connectivity index (χ0) is 13.8. The van der Waals surface area contributed by atoms with Gasteiger partial charge >= 0.3 is 0 Å². The molecule has 1 fully saturated rings. The molecule has 0 aromatic carbocycles. The number of piperidine rings is 1. The monoisotopic (exact) mass is 255 g/mol. The van der Waals surface area contributed by atoms with Gasteiger partial charge in [0.1, 0.15) is 0 Å². The highest BCUT2D eigenvalue weighted by Crippen LogP contribution is 2.18. The van der Waals surface area contributed by atoms with E-state index < -0.39 is 6.04 Å². The molecule has 0 aliphatic carbocycles. The minimum atomic E-state index is -0.425. The molecule has 1 saturated heterocycles. The van der Waals surface area contributed by atoms with Gasteiger partial charge in [-0.3, -0.25) is 4.79 Å². The van der Waals surface area contributed by atoms with E-state index in [1.54, 1.807) is 0 Å². The Morgan fingerprint density at radius 3 is 2.39 bits per heavy atom. The van der Waals surface area contributed by atoms with Gasteiger partial charge in [-0.15, -0.1) is 0 Å². The number of rotatable bonds is 4. The molecule has 0 bridgehead atoms. The second-order valence-electron chi connectivity index (χ2n) is 6.47. The average Bonchev–Trinajstić information content (AvgIpc) is 2.30. The second-order valence-corrected chi connectivity index (χ2v) is 6.47. The number of nitrogens with zero attached hydrogens (tertiary/aromatic N) is 1. The van der Waals surface area contributed by atoms with E-state index in [2.05, 4.69) is 17.1 Å². The summed E-state index contributed by atoms with van der Waals surface area (Å²) in [6.07, 6.45) is 3.29. The zero-order valence-corrected chi connectivity index (χ0v) is 12.3. The third-order valence-electron chi connectivity index (χ3n) is 3.69. The van der Waals surface area contributed by atoms with Crippen molar-refractivity contribution in [2.24, 2.45) is 11.1 Å². The maximum Gasteiger partial charge on any atom is 0.237 e. The third-order valence-corrected chi connectivity index (χ3v) is 3.69. The van der Waals surface area contributed by atoms with Crippen LogP contribution in [0.2, 0.25) is 0 Å². The number of hydrogen-bond donors (Lipinski definition) is 2. The molecule has 0 unspecified atom stereocenters. The molecule has 4 heteroatoms. The van der Waals surface area contributed by atoms with Crippen LogP contribution >= 0.6 is 0 Å². The first kappa shape index (κ1) is 15.4. The maximum absolute atomic E-state index is 12.0. The summed E-state index contributed by atoms with van der Waals surface area (Å²) in [4.78, 5) is 14.5. The molecule has 1 aliphatic heterocycles. The van der Waals surface area contributed by atoms with Crippen molar-refractivity contribution in [2.45, 2.75) is 59.0 Å². The lowest BCUT2D eigenvalue weighted by Crippen LogP contribution is -2.53. The van der Waals surface area contributed by atoms with Crippen LogP contribution in [0.15, 0.2) is 0 Å². The summed E-state index contributed by atoms with van der Waals surface area (Å²) >= 11 is 0. The largest absolute Gasteiger partial charge is 0.352 e. The van der Waals surface area contributed by atoms with Crippen LogP contribution in [0.3, 0.4) is 0 Å². The fourth-order valence-electron chi connectivity index (χ4n) is 2.30. The Bertz CT molecular complexity index is 265. The lowest BCUT2D eigenvalue weighted by atomic mass is 9.86. The molecule has 3 N–H and O–H groups in total. The molecule has 0 aromatic heterocycles. The van der Waals surface area contributed by atoms with Crippen molar-refractivity contribution in [3.05, 3.63) is 0 Å². The van der Waals surface area contributed by atoms with Gasteiger partial charge in [-0.05, 0) is 31.2 Å². The summed E-state index contributed by atoms with van der Waals surface area (Å²) in [6, 6.07) is -0.120. The molecule has 1 heterocycles. The highest BCUT2D eigenvalue weighted by molar-refractivity contribution is 5.82. The Morgan fingerprint density at radius 2 is 1.94 bits per heavy atom. The molecule has 1 atom stereocenters. The summed E-state index contributed by atoms with van der Waals surface area (Å²) in [5.41, 5.74) is 5.79. The van der Waals surface area contributed by atoms with Crippen LogP contribution in [0.25, 0.3) is 0 Å². The van der Waals surface area contributed by atoms with Crippen molar-refractivity contribution in [3.63, 3.8) is 0 Å². The number of likely N-dealkylation sites (tertiary alicyclic amines) is 1. The smallest absolute Gasteiger partial charge is 0.237 e. The van der Waals surface area contributed by atoms with E-state index in [0.717, 1.165) is 25.9 Å². The average molecular weight is 255 g/mol. The molecule has 1 amide bonds. The van der Waals surface area contributed by atoms with Crippen LogP contribution in [0.1, 0.15) is 47.0 Å². The van der Waals surface area contributed by atoms with E-state index in [1.165, 1.54) is 13.0 Å². The molecule has 106 valence electrons. The number of hydrogen-bond acceptors (Lipinski definition) is 3. The Kier molecular flexibility index (Phi) is 5.60. The first-order valence-electron chi connectivity index (χ1n) is 7.13. The van der Waals surface area contributed by atoms with Crippen LogP contribution in [-0.4, -0.2) is 42.5 Å². The van der Waals surface area contributed by atoms with E-state index in [4.69, 9.17) is 5.73 Å². The van der Waals surface area contributed by atoms with E-state index in [1.807, 2.05) is 20.8 Å². The van der Waals surface area contributed by atoms with E-state index >= 15 is 0 Å². The van der Waals surface area contributed by atoms with Crippen LogP contribution < -0.4 is 11.1 Å². The number of carbonyl (C=O) groups is 1. The van der Waals surface area contributed by atoms with Gasteiger partial charge in [0.2, 0.25) is 5.91 Å². The van der Waals surface area contributed by atoms with Crippen LogP contribution in [0, 0.1) is 5.41 Å². The zero-order valence-electron chi connectivity index (χ0n) is 12.3. The Balaban J connectivity index is 2.35. The first-order chi connectivity index (χ1) is 8.34. The first-order valence-corrected chi connectivity index (χ1v) is 7.13. The second kappa shape index (κ2) is 6.53. The van der Waals surface area contributed by atoms with Crippen molar-refractivity contribution >= 4 is 5.91 Å². The minimum absolute atomic E-state index is 0.00329. The topological polar surface area (TPSA) is 58.4 Å². The van der Waals surface area contributed by atoms with Gasteiger partial charge in [0.15, 0.2) is 0 Å². The van der Waals surface area contributed by atoms with Crippen LogP contribution in [0.4, 0.5) is 0 Å². The predicted molar refractivity (Wildman–Crippen MR) is 75.3 cm³/mol. The highest BCUT2D eigenvalue weighted by Gasteiger charge is 2.29. The quantitative estimate of drug-likeness (QED) is 0.797. The number of nitrogens with two attached hydrogens (primary N) is 1. The molecule has 0 aromatic rings. The highest BCUT2D eigenvalue weighted by atomic mass is 16.2. The molecule has 1 aliphatic rings. The van der Waals surface area contributed by atoms with Gasteiger partial charge in [0, 0.05) is 19.1 Å². The fourth-order valence-corrected chi connectivity index (χ4v) is 2.30. The van der Waals surface area contributed by atoms with Gasteiger partial charge in [-0.1, -0.05) is 27.7 Å². The molecule has 4 nitrogen and oxygen atoms in total. The summed E-state index contributed by atoms with van der Waals surface area (Å²) in [5.74, 6) is -0.00329. The van der Waals surface area contributed by atoms with Crippen LogP contribution in [-0.2, 0) is 4.79 Å². The van der Waals surface area contributed by atoms with Gasteiger partial charge < -0.3 is 16.0 Å². The number of nitrogens with one attached hydrogen (secondary N) is 1. The summed E-state index contributed by atoms with van der Waals surface area (Å²) in [7, 11) is 0. The lowest BCUT2D eigenvalue weighted by Gasteiger charge is -2.34. The van der Waals surface area contributed by atoms with Gasteiger partial charge in [-0.2, -0.15) is 0 Å². The maximum atomic E-state index is 12.0. The summed E-state index contributed by atoms with van der Waals surface area (Å²) in [5, 5.41) is 3.10. The molecular weight excluding hydrogens is 226 g/mol. The Hall–Kier alpha value is -0.610. The molecule has 0 saturated carbocycles. The molecule has 1 rings (SSSR count). The van der Waals surface area contributed by atoms with Gasteiger partial charge in [0.25, 0.3) is 0 Å². The van der Waals surface area contributed by atoms with Crippen molar-refractivity contribution < 1.29 is 4.79 Å². The number of amides is 1. The lowest BCUT2D eigenvalue weighted by molar-refractivity contribution is -0.125. The van der Waals surface area contributed by atoms with E-state index in [-0.39, 0.29) is 11.3 Å². The minimum Gasteiger partial charge on any atom is -0.352 e. The van der Waals surface area contributed by atoms with Crippen molar-refractivity contribution in [1.29, 1.82) is 0 Å². The predicted octanol–water partition coefficient (Wildman–Crippen LogP) is 1.35. The third kappa shape index (κ3) is 4.58. The van der Waals surface area contributed by atoms with Gasteiger partial charge in [-0.25, -0.2) is 0 Å². The summed E-state index contributed by atoms with van der Waals surface area (Å²) in [6.45, 7) is 11.6. The standard InChI is InChI=1S/C14H29N3O/c1-5-8-17-9-6-11(7-10-17)16-13(18)12(15)14(2,3)4/h11-12H,5-10,15H2,1-4H3,(H,16,18)/t12-/m0/s1. The van der Waals surface area contributed by atoms with Crippen LogP contribution in [0.5, 0.6) is 0 Å². The van der Waals surface area contributed by atoms with E-state index in [0.29, 0.717) is 6.04 Å². The normalized spacial score (nSPS) is 20.7. The molecule has 0 radical (unpaired) electrons.